The van der Waals surface area contributed by atoms with E-state index >= 15 is 0 Å². The first-order chi connectivity index (χ1) is 10.2. The number of hydrogen-bond acceptors (Lipinski definition) is 5. The van der Waals surface area contributed by atoms with Gasteiger partial charge in [-0.05, 0) is 12.8 Å². The Morgan fingerprint density at radius 1 is 1.19 bits per heavy atom. The molecule has 0 bridgehead atoms. The van der Waals surface area contributed by atoms with E-state index in [0.29, 0.717) is 0 Å². The topological polar surface area (TPSA) is 75.4 Å². The third-order valence-electron chi connectivity index (χ3n) is 4.53. The average Bonchev–Trinajstić information content (AvgIpc) is 2.56. The first-order valence-electron chi connectivity index (χ1n) is 7.78. The number of piperazine rings is 1. The molecule has 2 heterocycles. The molecule has 1 aromatic rings. The Hall–Kier alpha value is -1.69. The summed E-state index contributed by atoms with van der Waals surface area (Å²) in [4.78, 5) is 23.9. The van der Waals surface area contributed by atoms with E-state index in [-0.39, 0.29) is 5.82 Å². The second kappa shape index (κ2) is 6.39. The van der Waals surface area contributed by atoms with Crippen LogP contribution in [0.2, 0.25) is 0 Å². The van der Waals surface area contributed by atoms with Crippen LogP contribution >= 0.6 is 0 Å². The maximum absolute atomic E-state index is 11.1. The lowest BCUT2D eigenvalue weighted by Gasteiger charge is -2.41. The molecule has 1 aromatic heterocycles. The summed E-state index contributed by atoms with van der Waals surface area (Å²) >= 11 is 0. The zero-order chi connectivity index (χ0) is 14.7. The smallest absolute Gasteiger partial charge is 0.286 e. The summed E-state index contributed by atoms with van der Waals surface area (Å²) in [7, 11) is 0. The van der Waals surface area contributed by atoms with Crippen LogP contribution in [0.3, 0.4) is 0 Å². The van der Waals surface area contributed by atoms with Gasteiger partial charge in [0.05, 0.1) is 6.20 Å². The van der Waals surface area contributed by atoms with Crippen LogP contribution in [-0.4, -0.2) is 53.0 Å². The lowest BCUT2D eigenvalue weighted by molar-refractivity contribution is 0.0990. The highest BCUT2D eigenvalue weighted by Gasteiger charge is 2.25. The number of hydrogen-bond donors (Lipinski definition) is 1. The molecule has 113 valence electrons. The number of primary amides is 1. The van der Waals surface area contributed by atoms with E-state index in [1.807, 2.05) is 0 Å². The van der Waals surface area contributed by atoms with Crippen molar-refractivity contribution in [3.8, 4) is 0 Å². The molecule has 6 heteroatoms. The molecule has 1 saturated carbocycles. The van der Waals surface area contributed by atoms with Gasteiger partial charge in [-0.1, -0.05) is 19.3 Å². The molecule has 0 spiro atoms. The van der Waals surface area contributed by atoms with E-state index in [2.05, 4.69) is 26.0 Å². The Bertz CT molecular complexity index is 493. The van der Waals surface area contributed by atoms with Gasteiger partial charge >= 0.3 is 0 Å². The van der Waals surface area contributed by atoms with Gasteiger partial charge in [-0.15, -0.1) is 0 Å². The Kier molecular flexibility index (Phi) is 4.34. The van der Waals surface area contributed by atoms with Gasteiger partial charge in [-0.2, -0.15) is 0 Å². The molecule has 2 N–H and O–H groups in total. The number of aromatic nitrogens is 2. The van der Waals surface area contributed by atoms with Crippen molar-refractivity contribution in [2.45, 2.75) is 38.1 Å². The number of carbonyl (C=O) groups excluding carboxylic acids is 1. The van der Waals surface area contributed by atoms with Crippen molar-refractivity contribution < 1.29 is 4.79 Å². The number of carbonyl (C=O) groups is 1. The molecular weight excluding hydrogens is 266 g/mol. The molecule has 0 aromatic carbocycles. The van der Waals surface area contributed by atoms with Gasteiger partial charge < -0.3 is 10.6 Å². The zero-order valence-electron chi connectivity index (χ0n) is 12.3. The van der Waals surface area contributed by atoms with Crippen molar-refractivity contribution in [1.29, 1.82) is 0 Å². The van der Waals surface area contributed by atoms with Gasteiger partial charge in [-0.25, -0.2) is 9.97 Å². The molecule has 2 fully saturated rings. The van der Waals surface area contributed by atoms with Crippen LogP contribution in [0.15, 0.2) is 6.07 Å². The normalized spacial score (nSPS) is 21.4. The summed E-state index contributed by atoms with van der Waals surface area (Å²) in [5.74, 6) is 0.193. The van der Waals surface area contributed by atoms with Crippen LogP contribution in [0.1, 0.15) is 42.7 Å². The van der Waals surface area contributed by atoms with Crippen molar-refractivity contribution in [2.75, 3.05) is 31.1 Å². The van der Waals surface area contributed by atoms with Gasteiger partial charge in [0, 0.05) is 38.3 Å². The van der Waals surface area contributed by atoms with Crippen molar-refractivity contribution in [3.05, 3.63) is 18.1 Å². The minimum atomic E-state index is -0.603. The molecule has 6 nitrogen and oxygen atoms in total. The lowest BCUT2D eigenvalue weighted by atomic mass is 9.94. The molecule has 3 rings (SSSR count). The molecule has 1 amide bonds. The number of nitrogens with zero attached hydrogens (tertiary/aromatic N) is 4. The van der Waals surface area contributed by atoms with Crippen molar-refractivity contribution in [3.63, 3.8) is 0 Å². The number of anilines is 1. The van der Waals surface area contributed by atoms with Crippen molar-refractivity contribution >= 4 is 11.7 Å². The molecule has 0 atom stereocenters. The van der Waals surface area contributed by atoms with Crippen molar-refractivity contribution in [1.82, 2.24) is 14.9 Å². The Labute approximate surface area is 125 Å². The largest absolute Gasteiger partial charge is 0.363 e. The summed E-state index contributed by atoms with van der Waals surface area (Å²) in [6, 6.07) is 2.49. The number of amides is 1. The van der Waals surface area contributed by atoms with E-state index in [9.17, 15) is 4.79 Å². The van der Waals surface area contributed by atoms with Crippen LogP contribution in [0.5, 0.6) is 0 Å². The molecule has 0 unspecified atom stereocenters. The molecule has 1 saturated heterocycles. The van der Waals surface area contributed by atoms with E-state index < -0.39 is 5.91 Å². The fraction of sp³-hybridized carbons (Fsp3) is 0.667. The van der Waals surface area contributed by atoms with E-state index in [0.717, 1.165) is 38.0 Å². The molecular formula is C15H22N5O. The molecule has 1 aliphatic heterocycles. The summed E-state index contributed by atoms with van der Waals surface area (Å²) in [5, 5.41) is 0. The minimum absolute atomic E-state index is 0.0437. The van der Waals surface area contributed by atoms with E-state index in [1.165, 1.54) is 32.1 Å². The second-order valence-electron chi connectivity index (χ2n) is 5.86. The fourth-order valence-corrected chi connectivity index (χ4v) is 3.35. The minimum Gasteiger partial charge on any atom is -0.363 e. The van der Waals surface area contributed by atoms with Crippen LogP contribution in [-0.2, 0) is 0 Å². The standard InChI is InChI=1S/C15H22N5O/c16-14(21)15-17-7-6-13(18-15)20-10-8-19(9-11-20)12-4-2-1-3-5-12/h6,12H,1-5,8-11H2,(H2,16,21). The monoisotopic (exact) mass is 288 g/mol. The van der Waals surface area contributed by atoms with Gasteiger partial charge in [0.2, 0.25) is 5.82 Å². The third kappa shape index (κ3) is 3.32. The second-order valence-corrected chi connectivity index (χ2v) is 5.86. The number of nitrogens with two attached hydrogens (primary N) is 1. The summed E-state index contributed by atoms with van der Waals surface area (Å²) in [6.07, 6.45) is 9.52. The zero-order valence-corrected chi connectivity index (χ0v) is 12.3. The lowest BCUT2D eigenvalue weighted by Crippen LogP contribution is -2.51. The molecule has 21 heavy (non-hydrogen) atoms. The molecule has 1 aliphatic carbocycles. The predicted molar refractivity (Wildman–Crippen MR) is 80.0 cm³/mol. The Morgan fingerprint density at radius 2 is 1.90 bits per heavy atom. The highest BCUT2D eigenvalue weighted by Crippen LogP contribution is 2.24. The van der Waals surface area contributed by atoms with E-state index in [4.69, 9.17) is 5.73 Å². The SMILES string of the molecule is NC(=O)c1n[c]cc(N2CCN(C3CCCCC3)CC2)n1. The fourth-order valence-electron chi connectivity index (χ4n) is 3.35. The maximum atomic E-state index is 11.1. The van der Waals surface area contributed by atoms with Gasteiger partial charge in [0.1, 0.15) is 5.82 Å². The first-order valence-corrected chi connectivity index (χ1v) is 7.78. The van der Waals surface area contributed by atoms with Crippen LogP contribution < -0.4 is 10.6 Å². The summed E-state index contributed by atoms with van der Waals surface area (Å²) in [5.41, 5.74) is 5.22. The Morgan fingerprint density at radius 3 is 2.57 bits per heavy atom. The molecule has 1 radical (unpaired) electrons. The van der Waals surface area contributed by atoms with Crippen molar-refractivity contribution in [2.24, 2.45) is 5.73 Å². The van der Waals surface area contributed by atoms with Crippen LogP contribution in [0, 0.1) is 6.20 Å². The van der Waals surface area contributed by atoms with Gasteiger partial charge in [0.15, 0.2) is 0 Å². The number of rotatable bonds is 3. The average molecular weight is 288 g/mol. The Balaban J connectivity index is 1.60. The van der Waals surface area contributed by atoms with E-state index in [1.54, 1.807) is 6.07 Å². The summed E-state index contributed by atoms with van der Waals surface area (Å²) < 4.78 is 0. The highest BCUT2D eigenvalue weighted by atomic mass is 16.1. The molecule has 2 aliphatic rings. The van der Waals surface area contributed by atoms with Crippen LogP contribution in [0.4, 0.5) is 5.82 Å². The predicted octanol–water partition coefficient (Wildman–Crippen LogP) is 0.830. The quantitative estimate of drug-likeness (QED) is 0.891. The maximum Gasteiger partial charge on any atom is 0.286 e. The van der Waals surface area contributed by atoms with Gasteiger partial charge in [0.25, 0.3) is 5.91 Å². The summed E-state index contributed by atoms with van der Waals surface area (Å²) in [6.45, 7) is 3.97. The third-order valence-corrected chi connectivity index (χ3v) is 4.53. The first kappa shape index (κ1) is 14.3. The van der Waals surface area contributed by atoms with Gasteiger partial charge in [-0.3, -0.25) is 9.69 Å². The van der Waals surface area contributed by atoms with Crippen LogP contribution in [0.25, 0.3) is 0 Å². The highest BCUT2D eigenvalue weighted by molar-refractivity contribution is 5.89.